The van der Waals surface area contributed by atoms with Crippen LogP contribution in [0.25, 0.3) is 0 Å². The van der Waals surface area contributed by atoms with Gasteiger partial charge in [0.1, 0.15) is 5.56 Å². The third-order valence-corrected chi connectivity index (χ3v) is 5.47. The number of hydrogen-bond donors (Lipinski definition) is 2. The summed E-state index contributed by atoms with van der Waals surface area (Å²) in [5.41, 5.74) is -0.320. The lowest BCUT2D eigenvalue weighted by Crippen LogP contribution is -2.26. The summed E-state index contributed by atoms with van der Waals surface area (Å²) in [6, 6.07) is 5.68. The number of aryl methyl sites for hydroxylation is 1. The summed E-state index contributed by atoms with van der Waals surface area (Å²) in [4.78, 5) is 12.2. The molecule has 1 amide bonds. The predicted molar refractivity (Wildman–Crippen MR) is 87.2 cm³/mol. The molecule has 1 aromatic carbocycles. The number of aromatic nitrogens is 1. The number of hydrogen-bond acceptors (Lipinski definition) is 5. The fraction of sp³-hybridized carbons (Fsp3) is 0.375. The highest BCUT2D eigenvalue weighted by atomic mass is 32.2. The van der Waals surface area contributed by atoms with Crippen LogP contribution in [0.1, 0.15) is 40.2 Å². The second-order valence-electron chi connectivity index (χ2n) is 6.19. The minimum atomic E-state index is -4.83. The van der Waals surface area contributed by atoms with Gasteiger partial charge in [0, 0.05) is 12.6 Å². The van der Waals surface area contributed by atoms with Crippen LogP contribution in [0.15, 0.2) is 33.7 Å². The highest BCUT2D eigenvalue weighted by Crippen LogP contribution is 2.33. The van der Waals surface area contributed by atoms with E-state index in [0.29, 0.717) is 5.56 Å². The molecule has 27 heavy (non-hydrogen) atoms. The van der Waals surface area contributed by atoms with Gasteiger partial charge in [0.2, 0.25) is 10.0 Å². The van der Waals surface area contributed by atoms with Crippen molar-refractivity contribution in [1.29, 1.82) is 0 Å². The number of amides is 1. The predicted octanol–water partition coefficient (Wildman–Crippen LogP) is 2.37. The zero-order valence-corrected chi connectivity index (χ0v) is 14.9. The Hall–Kier alpha value is -2.40. The Morgan fingerprint density at radius 2 is 1.89 bits per heavy atom. The van der Waals surface area contributed by atoms with Crippen molar-refractivity contribution in [3.63, 3.8) is 0 Å². The van der Waals surface area contributed by atoms with Crippen molar-refractivity contribution in [3.8, 4) is 0 Å². The third-order valence-electron chi connectivity index (χ3n) is 3.93. The van der Waals surface area contributed by atoms with Crippen LogP contribution < -0.4 is 10.0 Å². The van der Waals surface area contributed by atoms with E-state index in [-0.39, 0.29) is 23.2 Å². The maximum Gasteiger partial charge on any atom is 0.453 e. The van der Waals surface area contributed by atoms with E-state index < -0.39 is 33.4 Å². The van der Waals surface area contributed by atoms with Crippen molar-refractivity contribution in [2.24, 2.45) is 0 Å². The van der Waals surface area contributed by atoms with Gasteiger partial charge in [-0.1, -0.05) is 17.3 Å². The SMILES string of the molecule is Cc1noc(C(F)(F)F)c1C(=O)NCc1ccc(S(=O)(=O)NC2CC2)cc1. The first-order valence-electron chi connectivity index (χ1n) is 8.01. The first kappa shape index (κ1) is 19.4. The number of sulfonamides is 1. The molecular weight excluding hydrogens is 387 g/mol. The first-order valence-corrected chi connectivity index (χ1v) is 9.49. The largest absolute Gasteiger partial charge is 0.453 e. The van der Waals surface area contributed by atoms with Gasteiger partial charge in [-0.2, -0.15) is 13.2 Å². The summed E-state index contributed by atoms with van der Waals surface area (Å²) >= 11 is 0. The Morgan fingerprint density at radius 1 is 1.26 bits per heavy atom. The van der Waals surface area contributed by atoms with Crippen molar-refractivity contribution < 1.29 is 30.9 Å². The number of carbonyl (C=O) groups is 1. The molecule has 2 aromatic rings. The number of benzene rings is 1. The van der Waals surface area contributed by atoms with Gasteiger partial charge >= 0.3 is 6.18 Å². The topological polar surface area (TPSA) is 101 Å². The van der Waals surface area contributed by atoms with E-state index in [9.17, 15) is 26.4 Å². The maximum absolute atomic E-state index is 12.9. The van der Waals surface area contributed by atoms with Crippen LogP contribution >= 0.6 is 0 Å². The van der Waals surface area contributed by atoms with Crippen LogP contribution in [-0.4, -0.2) is 25.5 Å². The highest BCUT2D eigenvalue weighted by Gasteiger charge is 2.41. The summed E-state index contributed by atoms with van der Waals surface area (Å²) in [6.07, 6.45) is -3.21. The standard InChI is InChI=1S/C16H16F3N3O4S/c1-9-13(14(26-21-9)16(17,18)19)15(23)20-8-10-2-6-12(7-3-10)27(24,25)22-11-4-5-11/h2-3,6-7,11,22H,4-5,8H2,1H3,(H,20,23). The smallest absolute Gasteiger partial charge is 0.351 e. The van der Waals surface area contributed by atoms with Crippen molar-refractivity contribution in [3.05, 3.63) is 46.8 Å². The van der Waals surface area contributed by atoms with Crippen molar-refractivity contribution >= 4 is 15.9 Å². The number of rotatable bonds is 6. The van der Waals surface area contributed by atoms with Gasteiger partial charge in [-0.3, -0.25) is 4.79 Å². The average Bonchev–Trinajstić information content (AvgIpc) is 3.29. The monoisotopic (exact) mass is 403 g/mol. The molecule has 0 aliphatic heterocycles. The lowest BCUT2D eigenvalue weighted by Gasteiger charge is -2.09. The molecule has 0 bridgehead atoms. The number of nitrogens with one attached hydrogen (secondary N) is 2. The lowest BCUT2D eigenvalue weighted by molar-refractivity contribution is -0.155. The Kier molecular flexibility index (Phi) is 5.00. The summed E-state index contributed by atoms with van der Waals surface area (Å²) in [5.74, 6) is -2.43. The minimum absolute atomic E-state index is 0.0244. The van der Waals surface area contributed by atoms with Gasteiger partial charge in [-0.05, 0) is 37.5 Å². The Labute approximate surface area is 153 Å². The quantitative estimate of drug-likeness (QED) is 0.771. The van der Waals surface area contributed by atoms with Crippen LogP contribution in [0.2, 0.25) is 0 Å². The molecule has 0 atom stereocenters. The van der Waals surface area contributed by atoms with Crippen LogP contribution in [0.4, 0.5) is 13.2 Å². The minimum Gasteiger partial charge on any atom is -0.351 e. The zero-order valence-electron chi connectivity index (χ0n) is 14.1. The maximum atomic E-state index is 12.9. The van der Waals surface area contributed by atoms with Gasteiger partial charge in [0.05, 0.1) is 10.6 Å². The van der Waals surface area contributed by atoms with E-state index in [0.717, 1.165) is 12.8 Å². The molecule has 1 aliphatic rings. The van der Waals surface area contributed by atoms with Gasteiger partial charge in [-0.25, -0.2) is 13.1 Å². The fourth-order valence-corrected chi connectivity index (χ4v) is 3.68. The van der Waals surface area contributed by atoms with Gasteiger partial charge in [-0.15, -0.1) is 0 Å². The molecule has 0 unspecified atom stereocenters. The Balaban J connectivity index is 1.67. The third kappa shape index (κ3) is 4.48. The fourth-order valence-electron chi connectivity index (χ4n) is 2.38. The Bertz CT molecular complexity index is 948. The molecule has 7 nitrogen and oxygen atoms in total. The van der Waals surface area contributed by atoms with E-state index in [2.05, 4.69) is 19.7 Å². The second-order valence-corrected chi connectivity index (χ2v) is 7.91. The summed E-state index contributed by atoms with van der Waals surface area (Å²) in [5, 5.41) is 5.55. The summed E-state index contributed by atoms with van der Waals surface area (Å²) in [7, 11) is -3.59. The highest BCUT2D eigenvalue weighted by molar-refractivity contribution is 7.89. The van der Waals surface area contributed by atoms with Crippen LogP contribution in [0.5, 0.6) is 0 Å². The van der Waals surface area contributed by atoms with Crippen molar-refractivity contribution in [2.75, 3.05) is 0 Å². The van der Waals surface area contributed by atoms with Crippen LogP contribution in [-0.2, 0) is 22.7 Å². The summed E-state index contributed by atoms with van der Waals surface area (Å²) in [6.45, 7) is 1.15. The normalized spacial score (nSPS) is 15.0. The molecule has 1 fully saturated rings. The van der Waals surface area contributed by atoms with Crippen molar-refractivity contribution in [1.82, 2.24) is 15.2 Å². The van der Waals surface area contributed by atoms with Crippen LogP contribution in [0, 0.1) is 6.92 Å². The molecule has 1 aromatic heterocycles. The molecule has 0 radical (unpaired) electrons. The average molecular weight is 403 g/mol. The van der Waals surface area contributed by atoms with Gasteiger partial charge < -0.3 is 9.84 Å². The van der Waals surface area contributed by atoms with E-state index in [4.69, 9.17) is 0 Å². The molecule has 3 rings (SSSR count). The van der Waals surface area contributed by atoms with E-state index >= 15 is 0 Å². The van der Waals surface area contributed by atoms with Gasteiger partial charge in [0.15, 0.2) is 0 Å². The number of halogens is 3. The number of alkyl halides is 3. The summed E-state index contributed by atoms with van der Waals surface area (Å²) < 4.78 is 69.5. The number of nitrogens with zero attached hydrogens (tertiary/aromatic N) is 1. The molecule has 1 aliphatic carbocycles. The van der Waals surface area contributed by atoms with E-state index in [1.807, 2.05) is 0 Å². The molecule has 11 heteroatoms. The van der Waals surface area contributed by atoms with Gasteiger partial charge in [0.25, 0.3) is 11.7 Å². The molecule has 1 heterocycles. The van der Waals surface area contributed by atoms with Crippen molar-refractivity contribution in [2.45, 2.75) is 43.4 Å². The van der Waals surface area contributed by atoms with E-state index in [1.54, 1.807) is 0 Å². The van der Waals surface area contributed by atoms with E-state index in [1.165, 1.54) is 31.2 Å². The molecule has 0 spiro atoms. The number of carbonyl (C=O) groups excluding carboxylic acids is 1. The molecule has 2 N–H and O–H groups in total. The zero-order chi connectivity index (χ0) is 19.8. The lowest BCUT2D eigenvalue weighted by atomic mass is 10.1. The molecular formula is C16H16F3N3O4S. The second kappa shape index (κ2) is 6.97. The first-order chi connectivity index (χ1) is 12.6. The Morgan fingerprint density at radius 3 is 2.44 bits per heavy atom. The van der Waals surface area contributed by atoms with Crippen LogP contribution in [0.3, 0.4) is 0 Å². The molecule has 1 saturated carbocycles. The molecule has 146 valence electrons. The molecule has 0 saturated heterocycles.